The molecule has 2 aromatic rings. The molecule has 5 atom stereocenters. The summed E-state index contributed by atoms with van der Waals surface area (Å²) in [4.78, 5) is 23.2. The number of aromatic nitrogens is 2. The van der Waals surface area contributed by atoms with Gasteiger partial charge >= 0.3 is 92.4 Å². The maximum absolute atomic E-state index is 13.5. The van der Waals surface area contributed by atoms with Gasteiger partial charge in [0, 0.05) is 12.0 Å². The number of rotatable bonds is 13. The van der Waals surface area contributed by atoms with Crippen molar-refractivity contribution in [2.24, 2.45) is 0 Å². The van der Waals surface area contributed by atoms with E-state index in [1.165, 1.54) is 44.9 Å². The van der Waals surface area contributed by atoms with E-state index in [1.54, 1.807) is 37.6 Å². The second-order valence-corrected chi connectivity index (χ2v) is 27.8. The number of carbonyl (C=O) groups excluding carboxylic acids is 1. The zero-order valence-corrected chi connectivity index (χ0v) is 33.3. The molecule has 2 N–H and O–H groups in total. The number of nitrogens with zero attached hydrogens (tertiary/aromatic N) is 3. The van der Waals surface area contributed by atoms with Crippen LogP contribution in [0.2, 0.25) is 31.4 Å². The molecule has 3 aliphatic heterocycles. The van der Waals surface area contributed by atoms with Crippen molar-refractivity contribution in [1.82, 2.24) is 9.97 Å². The zero-order chi connectivity index (χ0) is 33.5. The van der Waals surface area contributed by atoms with E-state index < -0.39 is 46.5 Å². The predicted molar refractivity (Wildman–Crippen MR) is 190 cm³/mol. The Labute approximate surface area is 285 Å². The van der Waals surface area contributed by atoms with Crippen LogP contribution in [0.15, 0.2) is 36.7 Å². The molecule has 46 heavy (non-hydrogen) atoms. The van der Waals surface area contributed by atoms with E-state index in [1.807, 2.05) is 11.0 Å². The predicted octanol–water partition coefficient (Wildman–Crippen LogP) is 7.42. The fraction of sp³-hybridized carbons (Fsp3) is 0.686. The van der Waals surface area contributed by atoms with Gasteiger partial charge in [-0.2, -0.15) is 0 Å². The van der Waals surface area contributed by atoms with Crippen LogP contribution in [0.1, 0.15) is 96.8 Å². The molecule has 0 saturated carbocycles. The molecule has 1 aromatic carbocycles. The second-order valence-electron chi connectivity index (χ2n) is 14.5. The number of benzene rings is 1. The van der Waals surface area contributed by atoms with Gasteiger partial charge in [0.25, 0.3) is 5.91 Å². The molecule has 5 rings (SSSR count). The van der Waals surface area contributed by atoms with E-state index in [4.69, 9.17) is 9.16 Å². The van der Waals surface area contributed by atoms with Gasteiger partial charge in [-0.15, -0.1) is 0 Å². The Balaban J connectivity index is 0.000000315. The van der Waals surface area contributed by atoms with Crippen LogP contribution in [0.3, 0.4) is 0 Å². The average Bonchev–Trinajstić information content (AvgIpc) is 3.60. The molecule has 11 heteroatoms. The summed E-state index contributed by atoms with van der Waals surface area (Å²) >= 11 is -0.839. The number of carbonyl (C=O) groups is 1. The van der Waals surface area contributed by atoms with Crippen molar-refractivity contribution < 1.29 is 19.1 Å². The first-order valence-electron chi connectivity index (χ1n) is 17.5. The summed E-state index contributed by atoms with van der Waals surface area (Å²) in [7, 11) is -2.06. The van der Waals surface area contributed by atoms with Gasteiger partial charge in [0.05, 0.1) is 18.4 Å². The molecule has 4 heterocycles. The number of ether oxygens (including phenoxy) is 1. The SMILES string of the molecule is CC(C)(C)[Si](C)(C)O[C@H]1C[C@H]2O[C@@H]1[C@@H]([O-])[C@@H]1Nc3c(NC(=O)c4ccccc4)ncnc3N21.CCC[CH2][Sn+]([CH2]CCC)[CH2]CCC. The molecule has 3 aliphatic rings. The molecule has 0 spiro atoms. The maximum atomic E-state index is 13.5. The zero-order valence-electron chi connectivity index (χ0n) is 29.4. The third-order valence-electron chi connectivity index (χ3n) is 9.90. The molecule has 2 bridgehead atoms. The summed E-state index contributed by atoms with van der Waals surface area (Å²) in [5.74, 6) is 0.637. The molecule has 1 amide bonds. The quantitative estimate of drug-likeness (QED) is 0.203. The first-order chi connectivity index (χ1) is 21.9. The summed E-state index contributed by atoms with van der Waals surface area (Å²) in [6.45, 7) is 18.0. The number of anilines is 3. The summed E-state index contributed by atoms with van der Waals surface area (Å²) in [5.41, 5.74) is 1.07. The van der Waals surface area contributed by atoms with Crippen LogP contribution in [0.4, 0.5) is 17.3 Å². The standard InChI is InChI=1S/C23H30N5O4Si.3C4H9.Sn/c1-23(2,3)33(4,5)32-14-11-15-28-20-16(26-21(28)17(29)18(14)31-15)19(24-12-25-20)27-22(30)13-9-7-6-8-10-13;3*1-3-4-2;/h6-10,12,14-15,17-18,21,26H,11H2,1-5H3,(H,24,25,27,30);3*1,3-4H2,2H3;/q-1;;;;+1/t14-,15+,17+,18-,21+;;;;/m0..../s1. The van der Waals surface area contributed by atoms with Crippen molar-refractivity contribution >= 4 is 51.3 Å². The molecular weight excluding hydrogens is 701 g/mol. The van der Waals surface area contributed by atoms with Crippen LogP contribution in [0.5, 0.6) is 0 Å². The molecule has 0 radical (unpaired) electrons. The normalized spacial score (nSPS) is 23.2. The van der Waals surface area contributed by atoms with Crippen molar-refractivity contribution in [3.63, 3.8) is 0 Å². The van der Waals surface area contributed by atoms with Gasteiger partial charge in [0.1, 0.15) is 18.2 Å². The number of hydrogen-bond donors (Lipinski definition) is 2. The molecule has 9 nitrogen and oxygen atoms in total. The van der Waals surface area contributed by atoms with Crippen molar-refractivity contribution in [3.05, 3.63) is 42.2 Å². The number of fused-ring (bicyclic) bond motifs is 6. The first kappa shape index (κ1) is 37.1. The molecule has 2 saturated heterocycles. The number of unbranched alkanes of at least 4 members (excludes halogenated alkanes) is 3. The molecule has 254 valence electrons. The van der Waals surface area contributed by atoms with Gasteiger partial charge in [-0.1, -0.05) is 45.1 Å². The third kappa shape index (κ3) is 8.83. The third-order valence-corrected chi connectivity index (χ3v) is 23.5. The molecule has 0 unspecified atom stereocenters. The fourth-order valence-electron chi connectivity index (χ4n) is 6.11. The summed E-state index contributed by atoms with van der Waals surface area (Å²) in [5, 5.41) is 19.6. The number of hydrogen-bond acceptors (Lipinski definition) is 8. The van der Waals surface area contributed by atoms with Gasteiger partial charge < -0.3 is 29.8 Å². The van der Waals surface area contributed by atoms with E-state index in [0.717, 1.165) is 0 Å². The summed E-state index contributed by atoms with van der Waals surface area (Å²) < 4.78 is 17.8. The second kappa shape index (κ2) is 16.6. The Morgan fingerprint density at radius 3 is 2.24 bits per heavy atom. The monoisotopic (exact) mass is 759 g/mol. The van der Waals surface area contributed by atoms with Crippen LogP contribution in [-0.2, 0) is 9.16 Å². The number of amides is 1. The fourth-order valence-corrected chi connectivity index (χ4v) is 16.9. The van der Waals surface area contributed by atoms with E-state index >= 15 is 0 Å². The van der Waals surface area contributed by atoms with E-state index in [2.05, 4.69) is 75.2 Å². The van der Waals surface area contributed by atoms with Crippen molar-refractivity contribution in [2.75, 3.05) is 15.5 Å². The van der Waals surface area contributed by atoms with E-state index in [0.29, 0.717) is 29.3 Å². The Kier molecular flexibility index (Phi) is 13.4. The van der Waals surface area contributed by atoms with Gasteiger partial charge in [0.2, 0.25) is 0 Å². The summed E-state index contributed by atoms with van der Waals surface area (Å²) in [6.07, 6.45) is 8.12. The van der Waals surface area contributed by atoms with Crippen LogP contribution >= 0.6 is 0 Å². The van der Waals surface area contributed by atoms with Gasteiger partial charge in [-0.05, 0) is 30.3 Å². The Bertz CT molecular complexity index is 1240. The van der Waals surface area contributed by atoms with Crippen molar-refractivity contribution in [1.29, 1.82) is 0 Å². The van der Waals surface area contributed by atoms with Gasteiger partial charge in [0.15, 0.2) is 20.0 Å². The van der Waals surface area contributed by atoms with Gasteiger partial charge in [-0.25, -0.2) is 9.97 Å². The van der Waals surface area contributed by atoms with Crippen LogP contribution in [0, 0.1) is 0 Å². The van der Waals surface area contributed by atoms with Crippen LogP contribution < -0.4 is 20.6 Å². The van der Waals surface area contributed by atoms with Crippen molar-refractivity contribution in [2.45, 2.75) is 149 Å². The first-order valence-corrected chi connectivity index (χ1v) is 26.5. The minimum atomic E-state index is -2.06. The molecule has 0 aliphatic carbocycles. The molecule has 2 fully saturated rings. The average molecular weight is 759 g/mol. The van der Waals surface area contributed by atoms with E-state index in [-0.39, 0.29) is 23.3 Å². The van der Waals surface area contributed by atoms with Gasteiger partial charge in [-0.3, -0.25) is 4.79 Å². The minimum absolute atomic E-state index is 0.0438. The van der Waals surface area contributed by atoms with Crippen LogP contribution in [0.25, 0.3) is 0 Å². The Morgan fingerprint density at radius 1 is 1.07 bits per heavy atom. The topological polar surface area (TPSA) is 112 Å². The molecular formula is C35H57N5O4SiSn. The summed E-state index contributed by atoms with van der Waals surface area (Å²) in [6, 6.07) is 8.92. The Hall–Kier alpha value is -1.73. The molecule has 1 aromatic heterocycles. The van der Waals surface area contributed by atoms with Crippen LogP contribution in [-0.4, -0.2) is 74.7 Å². The number of nitrogens with one attached hydrogen (secondary N) is 2. The van der Waals surface area contributed by atoms with Crippen molar-refractivity contribution in [3.8, 4) is 0 Å². The van der Waals surface area contributed by atoms with E-state index in [9.17, 15) is 9.90 Å². The Morgan fingerprint density at radius 2 is 1.67 bits per heavy atom.